The fraction of sp³-hybridized carbons (Fsp3) is 0.667. The van der Waals surface area contributed by atoms with Gasteiger partial charge in [0.25, 0.3) is 0 Å². The van der Waals surface area contributed by atoms with Gasteiger partial charge in [0.15, 0.2) is 11.5 Å². The summed E-state index contributed by atoms with van der Waals surface area (Å²) in [6.45, 7) is 7.22. The van der Waals surface area contributed by atoms with Gasteiger partial charge in [-0.2, -0.15) is 0 Å². The minimum Gasteiger partial charge on any atom is -0.487 e. The van der Waals surface area contributed by atoms with Gasteiger partial charge in [0, 0.05) is 13.1 Å². The molecule has 1 aromatic carbocycles. The summed E-state index contributed by atoms with van der Waals surface area (Å²) in [5.41, 5.74) is 0.905. The van der Waals surface area contributed by atoms with Crippen LogP contribution in [0.3, 0.4) is 0 Å². The highest BCUT2D eigenvalue weighted by molar-refractivity contribution is 8.10. The van der Waals surface area contributed by atoms with E-state index in [0.29, 0.717) is 75.2 Å². The molecule has 192 valence electrons. The molecule has 0 bridgehead atoms. The third kappa shape index (κ3) is 12.2. The van der Waals surface area contributed by atoms with Crippen molar-refractivity contribution in [2.45, 2.75) is 39.2 Å². The first-order valence-corrected chi connectivity index (χ1v) is 12.8. The summed E-state index contributed by atoms with van der Waals surface area (Å²) in [5, 5.41) is 2.95. The van der Waals surface area contributed by atoms with E-state index in [1.165, 1.54) is 6.42 Å². The van der Waals surface area contributed by atoms with E-state index in [1.807, 2.05) is 23.1 Å². The molecule has 0 fully saturated rings. The fourth-order valence-electron chi connectivity index (χ4n) is 3.26. The highest BCUT2D eigenvalue weighted by Gasteiger charge is 2.13. The predicted octanol–water partition coefficient (Wildman–Crippen LogP) is 3.22. The summed E-state index contributed by atoms with van der Waals surface area (Å²) in [6, 6.07) is 5.64. The van der Waals surface area contributed by atoms with Gasteiger partial charge in [0.1, 0.15) is 17.5 Å². The summed E-state index contributed by atoms with van der Waals surface area (Å²) < 4.78 is 28.6. The molecule has 1 aliphatic heterocycles. The zero-order valence-corrected chi connectivity index (χ0v) is 21.8. The molecule has 34 heavy (non-hydrogen) atoms. The van der Waals surface area contributed by atoms with Crippen LogP contribution in [0.2, 0.25) is 0 Å². The zero-order chi connectivity index (χ0) is 24.4. The third-order valence-electron chi connectivity index (χ3n) is 5.10. The van der Waals surface area contributed by atoms with Gasteiger partial charge in [-0.05, 0) is 24.1 Å². The van der Waals surface area contributed by atoms with Crippen molar-refractivity contribution in [3.8, 4) is 11.5 Å². The summed E-state index contributed by atoms with van der Waals surface area (Å²) >= 11 is 9.47. The van der Waals surface area contributed by atoms with Crippen LogP contribution in [0.5, 0.6) is 11.5 Å². The number of nitrogens with one attached hydrogen (secondary N) is 1. The molecule has 1 aromatic rings. The van der Waals surface area contributed by atoms with Crippen LogP contribution in [-0.4, -0.2) is 81.1 Å². The van der Waals surface area contributed by atoms with Crippen LogP contribution < -0.4 is 14.8 Å². The predicted molar refractivity (Wildman–Crippen MR) is 139 cm³/mol. The first-order valence-electron chi connectivity index (χ1n) is 12.0. The number of amides is 1. The highest BCUT2D eigenvalue weighted by Crippen LogP contribution is 2.28. The van der Waals surface area contributed by atoms with Crippen LogP contribution in [0.4, 0.5) is 0 Å². The number of fused-ring (bicyclic) bond motifs is 1. The fourth-order valence-corrected chi connectivity index (χ4v) is 3.59. The van der Waals surface area contributed by atoms with E-state index in [-0.39, 0.29) is 12.5 Å². The van der Waals surface area contributed by atoms with Gasteiger partial charge in [-0.15, -0.1) is 12.6 Å². The number of nitrogens with zero attached hydrogens (tertiary/aromatic N) is 1. The lowest BCUT2D eigenvalue weighted by molar-refractivity contribution is -0.121. The smallest absolute Gasteiger partial charge is 0.239 e. The molecular formula is C24H38N2O6S2. The van der Waals surface area contributed by atoms with Crippen LogP contribution in [0, 0.1) is 0 Å². The van der Waals surface area contributed by atoms with E-state index in [4.69, 9.17) is 35.9 Å². The van der Waals surface area contributed by atoms with E-state index in [1.54, 1.807) is 0 Å². The molecule has 2 rings (SSSR count). The Morgan fingerprint density at radius 1 is 0.941 bits per heavy atom. The van der Waals surface area contributed by atoms with Crippen LogP contribution in [0.1, 0.15) is 38.2 Å². The second kappa shape index (κ2) is 17.8. The molecule has 1 amide bonds. The van der Waals surface area contributed by atoms with E-state index in [2.05, 4.69) is 24.9 Å². The second-order valence-corrected chi connectivity index (χ2v) is 8.97. The number of rotatable bonds is 9. The van der Waals surface area contributed by atoms with Crippen LogP contribution in [-0.2, 0) is 25.5 Å². The quantitative estimate of drug-likeness (QED) is 0.296. The monoisotopic (exact) mass is 514 g/mol. The summed E-state index contributed by atoms with van der Waals surface area (Å²) in [6.07, 6.45) is 4.45. The van der Waals surface area contributed by atoms with E-state index >= 15 is 0 Å². The molecule has 1 heterocycles. The molecule has 1 N–H and O–H groups in total. The van der Waals surface area contributed by atoms with Gasteiger partial charge in [-0.25, -0.2) is 0 Å². The maximum absolute atomic E-state index is 12.5. The maximum Gasteiger partial charge on any atom is 0.239 e. The molecule has 10 heteroatoms. The van der Waals surface area contributed by atoms with Crippen LogP contribution >= 0.6 is 24.8 Å². The molecule has 0 radical (unpaired) electrons. The molecule has 0 aliphatic carbocycles. The molecule has 1 aliphatic rings. The van der Waals surface area contributed by atoms with Gasteiger partial charge in [-0.1, -0.05) is 44.5 Å². The van der Waals surface area contributed by atoms with Gasteiger partial charge >= 0.3 is 0 Å². The van der Waals surface area contributed by atoms with Gasteiger partial charge in [0.2, 0.25) is 5.91 Å². The molecule has 0 saturated carbocycles. The highest BCUT2D eigenvalue weighted by atomic mass is 32.1. The van der Waals surface area contributed by atoms with Crippen molar-refractivity contribution < 1.29 is 28.5 Å². The number of thiol groups is 1. The Bertz CT molecular complexity index is 737. The second-order valence-electron chi connectivity index (χ2n) is 7.86. The van der Waals surface area contributed by atoms with Crippen molar-refractivity contribution in [1.82, 2.24) is 10.2 Å². The maximum atomic E-state index is 12.5. The largest absolute Gasteiger partial charge is 0.487 e. The van der Waals surface area contributed by atoms with Crippen molar-refractivity contribution in [3.05, 3.63) is 23.8 Å². The van der Waals surface area contributed by atoms with E-state index in [0.717, 1.165) is 31.4 Å². The number of hydrogen-bond donors (Lipinski definition) is 2. The van der Waals surface area contributed by atoms with Gasteiger partial charge in [0.05, 0.1) is 46.2 Å². The number of carbonyl (C=O) groups is 1. The van der Waals surface area contributed by atoms with E-state index in [9.17, 15) is 4.79 Å². The minimum atomic E-state index is -0.104. The number of unbranched alkanes of at least 4 members (excludes halogenated alkanes) is 3. The van der Waals surface area contributed by atoms with Crippen molar-refractivity contribution in [3.63, 3.8) is 0 Å². The normalized spacial score (nSPS) is 15.6. The van der Waals surface area contributed by atoms with E-state index < -0.39 is 0 Å². The molecule has 0 spiro atoms. The van der Waals surface area contributed by atoms with Crippen LogP contribution in [0.25, 0.3) is 0 Å². The van der Waals surface area contributed by atoms with Crippen molar-refractivity contribution >= 4 is 35.1 Å². The van der Waals surface area contributed by atoms with Crippen molar-refractivity contribution in [2.75, 3.05) is 65.9 Å². The Hall–Kier alpha value is -1.59. The number of hydrogen-bond acceptors (Lipinski definition) is 7. The summed E-state index contributed by atoms with van der Waals surface area (Å²) in [7, 11) is 0. The number of ether oxygens (including phenoxy) is 5. The topological polar surface area (TPSA) is 78.5 Å². The first-order chi connectivity index (χ1) is 16.6. The average molecular weight is 515 g/mol. The Morgan fingerprint density at radius 3 is 2.18 bits per heavy atom. The van der Waals surface area contributed by atoms with Gasteiger partial charge < -0.3 is 33.9 Å². The number of carbonyl (C=O) groups excluding carboxylic acids is 1. The third-order valence-corrected chi connectivity index (χ3v) is 5.64. The lowest BCUT2D eigenvalue weighted by Gasteiger charge is -2.22. The van der Waals surface area contributed by atoms with Gasteiger partial charge in [-0.3, -0.25) is 4.79 Å². The molecule has 0 atom stereocenters. The molecule has 0 saturated heterocycles. The van der Waals surface area contributed by atoms with Crippen LogP contribution in [0.15, 0.2) is 18.2 Å². The first kappa shape index (κ1) is 28.6. The lowest BCUT2D eigenvalue weighted by atomic mass is 10.2. The SMILES string of the molecule is CCCCCCN(CC(=O)NCc1ccc2c(c1)OCCOCCOCCOCCO2)C(=S)S. The zero-order valence-electron chi connectivity index (χ0n) is 20.1. The summed E-state index contributed by atoms with van der Waals surface area (Å²) in [4.78, 5) is 14.3. The Kier molecular flexibility index (Phi) is 15.0. The molecule has 0 aromatic heterocycles. The minimum absolute atomic E-state index is 0.104. The standard InChI is InChI=1S/C24H38N2O6S2/c1-2-3-4-5-8-26(24(33)34)19-23(27)25-18-20-6-7-21-22(17-20)32-16-14-30-12-10-28-9-11-29-13-15-31-21/h6-7,17H,2-5,8-16,18-19H2,1H3,(H,25,27)(H,33,34). The Morgan fingerprint density at radius 2 is 1.56 bits per heavy atom. The number of benzene rings is 1. The summed E-state index contributed by atoms with van der Waals surface area (Å²) in [5.74, 6) is 1.13. The molecular weight excluding hydrogens is 476 g/mol. The average Bonchev–Trinajstić information content (AvgIpc) is 2.83. The van der Waals surface area contributed by atoms with Crippen molar-refractivity contribution in [2.24, 2.45) is 0 Å². The van der Waals surface area contributed by atoms with Crippen molar-refractivity contribution in [1.29, 1.82) is 0 Å². The Labute approximate surface area is 214 Å². The molecule has 8 nitrogen and oxygen atoms in total. The number of thiocarbonyl (C=S) groups is 1. The Balaban J connectivity index is 1.89. The molecule has 0 unspecified atom stereocenters. The lowest BCUT2D eigenvalue weighted by Crippen LogP contribution is -2.38.